The molecule has 1 atom stereocenters. The summed E-state index contributed by atoms with van der Waals surface area (Å²) >= 11 is 0. The van der Waals surface area contributed by atoms with Crippen LogP contribution in [0.5, 0.6) is 0 Å². The van der Waals surface area contributed by atoms with Crippen LogP contribution in [0.1, 0.15) is 6.42 Å². The van der Waals surface area contributed by atoms with Crippen LogP contribution in [-0.2, 0) is 4.74 Å². The number of rotatable bonds is 4. The Balaban J connectivity index is 2.86. The summed E-state index contributed by atoms with van der Waals surface area (Å²) in [5, 5.41) is 8.38. The molecule has 0 fully saturated rings. The van der Waals surface area contributed by atoms with Crippen LogP contribution >= 0.6 is 0 Å². The monoisotopic (exact) mass is 119 g/mol. The van der Waals surface area contributed by atoms with E-state index < -0.39 is 0 Å². The van der Waals surface area contributed by atoms with Gasteiger partial charge in [0.2, 0.25) is 0 Å². The van der Waals surface area contributed by atoms with E-state index >= 15 is 0 Å². The largest absolute Gasteiger partial charge is 0.395 e. The van der Waals surface area contributed by atoms with Crippen molar-refractivity contribution in [2.75, 3.05) is 20.3 Å². The highest BCUT2D eigenvalue weighted by Crippen LogP contribution is 1.84. The van der Waals surface area contributed by atoms with Crippen molar-refractivity contribution in [3.63, 3.8) is 0 Å². The zero-order valence-electron chi connectivity index (χ0n) is 5.13. The van der Waals surface area contributed by atoms with Gasteiger partial charge in [-0.15, -0.1) is 0 Å². The van der Waals surface area contributed by atoms with Crippen molar-refractivity contribution in [1.29, 1.82) is 0 Å². The van der Waals surface area contributed by atoms with Crippen molar-refractivity contribution >= 4 is 0 Å². The number of hydrogen-bond acceptors (Lipinski definition) is 3. The van der Waals surface area contributed by atoms with Gasteiger partial charge in [0.05, 0.1) is 6.61 Å². The highest BCUT2D eigenvalue weighted by molar-refractivity contribution is 4.56. The zero-order valence-corrected chi connectivity index (χ0v) is 5.13. The molecule has 3 nitrogen and oxygen atoms in total. The van der Waals surface area contributed by atoms with E-state index in [9.17, 15) is 0 Å². The predicted octanol–water partition coefficient (Wildman–Crippen LogP) is -0.658. The van der Waals surface area contributed by atoms with Gasteiger partial charge < -0.3 is 15.6 Å². The first-order valence-electron chi connectivity index (χ1n) is 2.66. The summed E-state index contributed by atoms with van der Waals surface area (Å²) in [6.07, 6.45) is 0.729. The molecule has 0 aromatic rings. The first-order chi connectivity index (χ1) is 3.81. The molecule has 0 spiro atoms. The summed E-state index contributed by atoms with van der Waals surface area (Å²) in [4.78, 5) is 0. The van der Waals surface area contributed by atoms with Crippen molar-refractivity contribution < 1.29 is 9.84 Å². The molecule has 0 aliphatic carbocycles. The van der Waals surface area contributed by atoms with Gasteiger partial charge in [0.1, 0.15) is 0 Å². The van der Waals surface area contributed by atoms with Crippen molar-refractivity contribution in [3.8, 4) is 0 Å². The normalized spacial score (nSPS) is 13.9. The zero-order chi connectivity index (χ0) is 6.41. The van der Waals surface area contributed by atoms with Crippen molar-refractivity contribution in [2.24, 2.45) is 5.73 Å². The lowest BCUT2D eigenvalue weighted by Crippen LogP contribution is -2.25. The first-order valence-corrected chi connectivity index (χ1v) is 2.66. The predicted molar refractivity (Wildman–Crippen MR) is 31.6 cm³/mol. The number of hydrogen-bond donors (Lipinski definition) is 2. The lowest BCUT2D eigenvalue weighted by atomic mass is 10.2. The van der Waals surface area contributed by atoms with Gasteiger partial charge in [-0.1, -0.05) is 0 Å². The van der Waals surface area contributed by atoms with Gasteiger partial charge in [0.25, 0.3) is 0 Å². The van der Waals surface area contributed by atoms with Gasteiger partial charge >= 0.3 is 0 Å². The van der Waals surface area contributed by atoms with Crippen LogP contribution in [0.15, 0.2) is 0 Å². The third-order valence-corrected chi connectivity index (χ3v) is 0.927. The molecule has 0 radical (unpaired) electrons. The third kappa shape index (κ3) is 4.05. The van der Waals surface area contributed by atoms with Crippen LogP contribution in [0.4, 0.5) is 0 Å². The molecule has 3 N–H and O–H groups in total. The minimum absolute atomic E-state index is 0.0450. The molecule has 3 heteroatoms. The Morgan fingerprint density at radius 3 is 2.75 bits per heavy atom. The fourth-order valence-electron chi connectivity index (χ4n) is 0.361. The molecular formula is C5H13NO2. The topological polar surface area (TPSA) is 55.5 Å². The summed E-state index contributed by atoms with van der Waals surface area (Å²) in [7, 11) is 1.62. The summed E-state index contributed by atoms with van der Waals surface area (Å²) in [6, 6.07) is -0.116. The molecule has 0 rings (SSSR count). The number of aliphatic hydroxyl groups excluding tert-OH is 1. The maximum absolute atomic E-state index is 8.38. The Morgan fingerprint density at radius 2 is 2.38 bits per heavy atom. The molecule has 1 unspecified atom stereocenters. The smallest absolute Gasteiger partial charge is 0.0583 e. The lowest BCUT2D eigenvalue weighted by Gasteiger charge is -2.04. The molecule has 0 aliphatic rings. The number of methoxy groups -OCH3 is 1. The highest BCUT2D eigenvalue weighted by Gasteiger charge is 1.96. The molecule has 0 aromatic heterocycles. The van der Waals surface area contributed by atoms with E-state index in [1.54, 1.807) is 7.11 Å². The number of nitrogens with two attached hydrogens (primary N) is 1. The molecule has 8 heavy (non-hydrogen) atoms. The fourth-order valence-corrected chi connectivity index (χ4v) is 0.361. The Kier molecular flexibility index (Phi) is 4.95. The van der Waals surface area contributed by atoms with E-state index in [1.807, 2.05) is 0 Å². The maximum atomic E-state index is 8.38. The van der Waals surface area contributed by atoms with Crippen LogP contribution in [0.3, 0.4) is 0 Å². The second kappa shape index (κ2) is 5.03. The first kappa shape index (κ1) is 7.88. The summed E-state index contributed by atoms with van der Waals surface area (Å²) in [5.74, 6) is 0. The van der Waals surface area contributed by atoms with E-state index in [2.05, 4.69) is 0 Å². The average Bonchev–Trinajstić information content (AvgIpc) is 1.83. The Bertz CT molecular complexity index is 49.7. The van der Waals surface area contributed by atoms with Crippen molar-refractivity contribution in [1.82, 2.24) is 0 Å². The van der Waals surface area contributed by atoms with Gasteiger partial charge in [-0.3, -0.25) is 0 Å². The highest BCUT2D eigenvalue weighted by atomic mass is 16.5. The quantitative estimate of drug-likeness (QED) is 0.516. The summed E-state index contributed by atoms with van der Waals surface area (Å²) in [6.45, 7) is 0.672. The molecule has 50 valence electrons. The minimum Gasteiger partial charge on any atom is -0.395 e. The van der Waals surface area contributed by atoms with E-state index in [4.69, 9.17) is 15.6 Å². The van der Waals surface area contributed by atoms with Gasteiger partial charge in [-0.05, 0) is 6.42 Å². The van der Waals surface area contributed by atoms with Gasteiger partial charge in [0.15, 0.2) is 0 Å². The standard InChI is InChI=1S/C5H13NO2/c1-8-3-2-5(6)4-7/h5,7H,2-4,6H2,1H3. The lowest BCUT2D eigenvalue weighted by molar-refractivity contribution is 0.170. The molecule has 0 aliphatic heterocycles. The Labute approximate surface area is 49.4 Å². The second-order valence-electron chi connectivity index (χ2n) is 1.72. The molecule has 0 saturated heterocycles. The maximum Gasteiger partial charge on any atom is 0.0583 e. The SMILES string of the molecule is COCCC(N)CO. The van der Waals surface area contributed by atoms with Gasteiger partial charge in [-0.2, -0.15) is 0 Å². The average molecular weight is 119 g/mol. The molecule has 0 amide bonds. The van der Waals surface area contributed by atoms with Crippen LogP contribution < -0.4 is 5.73 Å². The Hall–Kier alpha value is -0.120. The minimum atomic E-state index is -0.116. The molecule has 0 bridgehead atoms. The van der Waals surface area contributed by atoms with E-state index in [-0.39, 0.29) is 12.6 Å². The van der Waals surface area contributed by atoms with Crippen LogP contribution in [0, 0.1) is 0 Å². The molecule has 0 heterocycles. The summed E-state index contributed by atoms with van der Waals surface area (Å²) < 4.78 is 4.72. The molecular weight excluding hydrogens is 106 g/mol. The number of aliphatic hydroxyl groups is 1. The van der Waals surface area contributed by atoms with Gasteiger partial charge in [-0.25, -0.2) is 0 Å². The fraction of sp³-hybridized carbons (Fsp3) is 1.00. The van der Waals surface area contributed by atoms with Crippen LogP contribution in [0.25, 0.3) is 0 Å². The van der Waals surface area contributed by atoms with E-state index in [0.717, 1.165) is 6.42 Å². The molecule has 0 saturated carbocycles. The van der Waals surface area contributed by atoms with E-state index in [1.165, 1.54) is 0 Å². The third-order valence-electron chi connectivity index (χ3n) is 0.927. The second-order valence-corrected chi connectivity index (χ2v) is 1.72. The Morgan fingerprint density at radius 1 is 1.75 bits per heavy atom. The van der Waals surface area contributed by atoms with E-state index in [0.29, 0.717) is 6.61 Å². The number of ether oxygens (including phenoxy) is 1. The van der Waals surface area contributed by atoms with Crippen molar-refractivity contribution in [3.05, 3.63) is 0 Å². The van der Waals surface area contributed by atoms with Crippen LogP contribution in [0.2, 0.25) is 0 Å². The van der Waals surface area contributed by atoms with Crippen LogP contribution in [-0.4, -0.2) is 31.5 Å². The summed E-state index contributed by atoms with van der Waals surface area (Å²) in [5.41, 5.74) is 5.33. The van der Waals surface area contributed by atoms with Gasteiger partial charge in [0, 0.05) is 19.8 Å². The molecule has 0 aromatic carbocycles. The van der Waals surface area contributed by atoms with Crippen molar-refractivity contribution in [2.45, 2.75) is 12.5 Å².